The number of fused-ring (bicyclic) bond motifs is 4. The van der Waals surface area contributed by atoms with Crippen molar-refractivity contribution in [2.24, 2.45) is 0 Å². The molecule has 0 atom stereocenters. The third kappa shape index (κ3) is 3.45. The number of benzene rings is 3. The van der Waals surface area contributed by atoms with E-state index in [1.807, 2.05) is 36.4 Å². The largest absolute Gasteiger partial charge is 0.449 e. The van der Waals surface area contributed by atoms with Crippen molar-refractivity contribution in [1.82, 2.24) is 5.32 Å². The summed E-state index contributed by atoms with van der Waals surface area (Å²) >= 11 is 1.70. The van der Waals surface area contributed by atoms with E-state index >= 15 is 0 Å². The number of carbonyl (C=O) groups is 1. The van der Waals surface area contributed by atoms with E-state index in [2.05, 4.69) is 58.9 Å². The summed E-state index contributed by atoms with van der Waals surface area (Å²) in [6, 6.07) is 24.8. The molecule has 3 nitrogen and oxygen atoms in total. The third-order valence-corrected chi connectivity index (χ3v) is 6.27. The average molecular weight is 410 g/mol. The van der Waals surface area contributed by atoms with Crippen LogP contribution in [0.25, 0.3) is 21.2 Å². The molecule has 5 rings (SSSR count). The molecule has 3 aromatic carbocycles. The van der Waals surface area contributed by atoms with Crippen LogP contribution in [0.4, 0.5) is 4.79 Å². The van der Waals surface area contributed by atoms with Gasteiger partial charge in [-0.25, -0.2) is 4.79 Å². The number of thiophene rings is 1. The Hall–Kier alpha value is -3.55. The Morgan fingerprint density at radius 2 is 1.67 bits per heavy atom. The molecule has 30 heavy (non-hydrogen) atoms. The first-order chi connectivity index (χ1) is 14.8. The van der Waals surface area contributed by atoms with Crippen molar-refractivity contribution in [3.8, 4) is 23.0 Å². The lowest BCUT2D eigenvalue weighted by atomic mass is 9.98. The molecule has 1 heterocycles. The molecule has 146 valence electrons. The molecular formula is C26H19NO2S. The van der Waals surface area contributed by atoms with Crippen LogP contribution in [0.5, 0.6) is 0 Å². The summed E-state index contributed by atoms with van der Waals surface area (Å²) in [4.78, 5) is 12.2. The molecule has 4 heteroatoms. The van der Waals surface area contributed by atoms with Crippen molar-refractivity contribution in [2.45, 2.75) is 5.92 Å². The van der Waals surface area contributed by atoms with E-state index in [1.54, 1.807) is 11.3 Å². The van der Waals surface area contributed by atoms with Gasteiger partial charge in [0.15, 0.2) is 0 Å². The Morgan fingerprint density at radius 3 is 2.43 bits per heavy atom. The molecule has 0 bridgehead atoms. The molecule has 4 aromatic rings. The minimum atomic E-state index is -0.445. The van der Waals surface area contributed by atoms with Crippen LogP contribution in [-0.2, 0) is 4.74 Å². The van der Waals surface area contributed by atoms with Gasteiger partial charge < -0.3 is 10.1 Å². The molecular weight excluding hydrogens is 390 g/mol. The maximum atomic E-state index is 12.2. The molecule has 0 fully saturated rings. The van der Waals surface area contributed by atoms with E-state index in [0.29, 0.717) is 6.61 Å². The monoisotopic (exact) mass is 409 g/mol. The first-order valence-electron chi connectivity index (χ1n) is 9.85. The van der Waals surface area contributed by atoms with E-state index in [1.165, 1.54) is 27.0 Å². The zero-order valence-electron chi connectivity index (χ0n) is 16.2. The maximum Gasteiger partial charge on any atom is 0.407 e. The summed E-state index contributed by atoms with van der Waals surface area (Å²) in [6.45, 7) is 0.554. The van der Waals surface area contributed by atoms with Crippen LogP contribution in [0.15, 0.2) is 78.2 Å². The molecule has 0 saturated heterocycles. The van der Waals surface area contributed by atoms with Crippen molar-refractivity contribution in [3.05, 3.63) is 94.9 Å². The summed E-state index contributed by atoms with van der Waals surface area (Å²) in [5, 5.41) is 5.94. The van der Waals surface area contributed by atoms with Crippen molar-refractivity contribution in [3.63, 3.8) is 0 Å². The molecule has 0 unspecified atom stereocenters. The van der Waals surface area contributed by atoms with Gasteiger partial charge in [-0.15, -0.1) is 11.3 Å². The number of hydrogen-bond donors (Lipinski definition) is 1. The van der Waals surface area contributed by atoms with E-state index in [9.17, 15) is 4.79 Å². The molecule has 1 aromatic heterocycles. The Bertz CT molecular complexity index is 1250. The van der Waals surface area contributed by atoms with Crippen molar-refractivity contribution in [1.29, 1.82) is 0 Å². The number of alkyl carbamates (subject to hydrolysis) is 1. The van der Waals surface area contributed by atoms with Gasteiger partial charge in [-0.1, -0.05) is 66.4 Å². The van der Waals surface area contributed by atoms with Crippen LogP contribution in [0.2, 0.25) is 0 Å². The number of nitrogens with one attached hydrogen (secondary N) is 1. The van der Waals surface area contributed by atoms with Crippen LogP contribution in [0.3, 0.4) is 0 Å². The van der Waals surface area contributed by atoms with Gasteiger partial charge in [-0.3, -0.25) is 0 Å². The highest BCUT2D eigenvalue weighted by molar-refractivity contribution is 7.17. The van der Waals surface area contributed by atoms with Gasteiger partial charge in [-0.05, 0) is 45.8 Å². The van der Waals surface area contributed by atoms with Gasteiger partial charge in [0.05, 0.1) is 6.54 Å². The molecule has 1 N–H and O–H groups in total. The highest BCUT2D eigenvalue weighted by atomic mass is 32.1. The Labute approximate surface area is 179 Å². The molecule has 0 saturated carbocycles. The van der Waals surface area contributed by atoms with E-state index in [0.717, 1.165) is 10.9 Å². The lowest BCUT2D eigenvalue weighted by molar-refractivity contribution is 0.144. The van der Waals surface area contributed by atoms with Gasteiger partial charge in [0.25, 0.3) is 0 Å². The van der Waals surface area contributed by atoms with Gasteiger partial charge in [0, 0.05) is 21.6 Å². The smallest absolute Gasteiger partial charge is 0.407 e. The number of rotatable bonds is 3. The Kier molecular flexibility index (Phi) is 4.96. The lowest BCUT2D eigenvalue weighted by Crippen LogP contribution is -2.26. The minimum absolute atomic E-state index is 0.0606. The van der Waals surface area contributed by atoms with Crippen molar-refractivity contribution >= 4 is 27.5 Å². The first-order valence-corrected chi connectivity index (χ1v) is 10.7. The molecule has 0 radical (unpaired) electrons. The Morgan fingerprint density at radius 1 is 0.933 bits per heavy atom. The van der Waals surface area contributed by atoms with Gasteiger partial charge >= 0.3 is 6.09 Å². The fraction of sp³-hybridized carbons (Fsp3) is 0.115. The summed E-state index contributed by atoms with van der Waals surface area (Å²) < 4.78 is 6.75. The zero-order valence-corrected chi connectivity index (χ0v) is 17.0. The van der Waals surface area contributed by atoms with E-state index < -0.39 is 6.09 Å². The molecule has 0 aliphatic heterocycles. The predicted octanol–water partition coefficient (Wildman–Crippen LogP) is 5.79. The topological polar surface area (TPSA) is 38.3 Å². The highest BCUT2D eigenvalue weighted by Crippen LogP contribution is 2.44. The molecule has 1 aliphatic rings. The van der Waals surface area contributed by atoms with Crippen LogP contribution in [0, 0.1) is 11.8 Å². The summed E-state index contributed by atoms with van der Waals surface area (Å²) in [6.07, 6.45) is -0.445. The average Bonchev–Trinajstić information content (AvgIpc) is 3.39. The summed E-state index contributed by atoms with van der Waals surface area (Å²) in [5.41, 5.74) is 5.82. The maximum absolute atomic E-state index is 12.2. The normalized spacial score (nSPS) is 12.0. The van der Waals surface area contributed by atoms with Crippen LogP contribution < -0.4 is 5.32 Å². The summed E-state index contributed by atoms with van der Waals surface area (Å²) in [7, 11) is 0. The fourth-order valence-electron chi connectivity index (χ4n) is 4.01. The number of ether oxygens (including phenoxy) is 1. The second kappa shape index (κ2) is 8.06. The SMILES string of the molecule is O=C(NCC#Cc1cccc2sccc12)OCC1c2ccccc2-c2ccccc21. The first kappa shape index (κ1) is 18.5. The number of hydrogen-bond acceptors (Lipinski definition) is 3. The second-order valence-electron chi connectivity index (χ2n) is 7.12. The standard InChI is InChI=1S/C26H19NO2S/c28-26(27-15-6-8-18-7-5-13-25-19(18)14-16-30-25)29-17-24-22-11-3-1-9-20(22)21-10-2-4-12-23(21)24/h1-5,7,9-14,16,24H,15,17H2,(H,27,28). The van der Waals surface area contributed by atoms with Crippen LogP contribution in [-0.4, -0.2) is 19.2 Å². The van der Waals surface area contributed by atoms with E-state index in [4.69, 9.17) is 4.74 Å². The summed E-state index contributed by atoms with van der Waals surface area (Å²) in [5.74, 6) is 6.22. The lowest BCUT2D eigenvalue weighted by Gasteiger charge is -2.14. The van der Waals surface area contributed by atoms with Gasteiger partial charge in [0.2, 0.25) is 0 Å². The minimum Gasteiger partial charge on any atom is -0.449 e. The zero-order chi connectivity index (χ0) is 20.3. The van der Waals surface area contributed by atoms with Crippen molar-refractivity contribution in [2.75, 3.05) is 13.2 Å². The molecule has 0 spiro atoms. The van der Waals surface area contributed by atoms with E-state index in [-0.39, 0.29) is 12.5 Å². The Balaban J connectivity index is 1.21. The fourth-order valence-corrected chi connectivity index (χ4v) is 4.82. The number of carbonyl (C=O) groups excluding carboxylic acids is 1. The van der Waals surface area contributed by atoms with Gasteiger partial charge in [-0.2, -0.15) is 0 Å². The van der Waals surface area contributed by atoms with Gasteiger partial charge in [0.1, 0.15) is 6.61 Å². The third-order valence-electron chi connectivity index (χ3n) is 5.38. The molecule has 1 amide bonds. The predicted molar refractivity (Wildman–Crippen MR) is 122 cm³/mol. The highest BCUT2D eigenvalue weighted by Gasteiger charge is 2.28. The molecule has 1 aliphatic carbocycles. The van der Waals surface area contributed by atoms with Crippen LogP contribution >= 0.6 is 11.3 Å². The van der Waals surface area contributed by atoms with Crippen LogP contribution in [0.1, 0.15) is 22.6 Å². The quantitative estimate of drug-likeness (QED) is 0.435. The second-order valence-corrected chi connectivity index (χ2v) is 8.07. The number of amides is 1. The van der Waals surface area contributed by atoms with Crippen molar-refractivity contribution < 1.29 is 9.53 Å².